The van der Waals surface area contributed by atoms with Crippen LogP contribution in [0.15, 0.2) is 29.3 Å². The number of aliphatic imine (C=N–C) groups is 1. The van der Waals surface area contributed by atoms with Gasteiger partial charge in [-0.05, 0) is 62.7 Å². The second-order valence-corrected chi connectivity index (χ2v) is 8.39. The molecule has 0 aromatic heterocycles. The van der Waals surface area contributed by atoms with Crippen LogP contribution in [0.3, 0.4) is 0 Å². The summed E-state index contributed by atoms with van der Waals surface area (Å²) in [6, 6.07) is 8.53. The Morgan fingerprint density at radius 3 is 2.86 bits per heavy atom. The second kappa shape index (κ2) is 10.8. The van der Waals surface area contributed by atoms with E-state index in [9.17, 15) is 0 Å². The maximum Gasteiger partial charge on any atom is 0.193 e. The lowest BCUT2D eigenvalue weighted by Gasteiger charge is -2.36. The molecule has 2 saturated heterocycles. The second-order valence-electron chi connectivity index (χ2n) is 8.39. The normalized spacial score (nSPS) is 24.4. The molecule has 2 heterocycles. The maximum absolute atomic E-state index is 6.06. The van der Waals surface area contributed by atoms with E-state index in [4.69, 9.17) is 4.74 Å². The van der Waals surface area contributed by atoms with Crippen molar-refractivity contribution >= 4 is 5.96 Å². The fraction of sp³-hybridized carbons (Fsp3) is 0.696. The van der Waals surface area contributed by atoms with Gasteiger partial charge >= 0.3 is 0 Å². The molecule has 2 fully saturated rings. The minimum absolute atomic E-state index is 0.120. The number of unbranched alkanes of at least 4 members (excludes halogenated alkanes) is 1. The number of likely N-dealkylation sites (tertiary alicyclic amines) is 1. The summed E-state index contributed by atoms with van der Waals surface area (Å²) in [5.41, 5.74) is 2.59. The molecule has 1 N–H and O–H groups in total. The van der Waals surface area contributed by atoms with Gasteiger partial charge in [0, 0.05) is 26.7 Å². The molecule has 5 heteroatoms. The number of rotatable bonds is 6. The van der Waals surface area contributed by atoms with E-state index < -0.39 is 0 Å². The first kappa shape index (κ1) is 21.1. The van der Waals surface area contributed by atoms with Gasteiger partial charge in [-0.3, -0.25) is 4.99 Å². The number of guanidine groups is 1. The summed E-state index contributed by atoms with van der Waals surface area (Å²) in [5, 5.41) is 3.57. The highest BCUT2D eigenvalue weighted by Crippen LogP contribution is 2.25. The molecule has 1 aromatic rings. The number of piperidine rings is 1. The van der Waals surface area contributed by atoms with E-state index in [1.165, 1.54) is 56.4 Å². The highest BCUT2D eigenvalue weighted by Gasteiger charge is 2.25. The highest BCUT2D eigenvalue weighted by molar-refractivity contribution is 5.80. The van der Waals surface area contributed by atoms with E-state index >= 15 is 0 Å². The molecule has 28 heavy (non-hydrogen) atoms. The number of aryl methyl sites for hydroxylation is 1. The van der Waals surface area contributed by atoms with E-state index in [0.717, 1.165) is 38.1 Å². The molecule has 2 aliphatic rings. The summed E-state index contributed by atoms with van der Waals surface area (Å²) in [6.45, 7) is 11.8. The van der Waals surface area contributed by atoms with Crippen LogP contribution < -0.4 is 5.32 Å². The van der Waals surface area contributed by atoms with E-state index in [2.05, 4.69) is 58.2 Å². The highest BCUT2D eigenvalue weighted by atomic mass is 16.5. The van der Waals surface area contributed by atoms with Gasteiger partial charge < -0.3 is 19.9 Å². The molecule has 1 aromatic carbocycles. The quantitative estimate of drug-likeness (QED) is 0.462. The van der Waals surface area contributed by atoms with Gasteiger partial charge in [-0.25, -0.2) is 0 Å². The Labute approximate surface area is 171 Å². The molecule has 0 bridgehead atoms. The Morgan fingerprint density at radius 1 is 1.21 bits per heavy atom. The third-order valence-corrected chi connectivity index (χ3v) is 6.04. The van der Waals surface area contributed by atoms with Crippen molar-refractivity contribution in [1.29, 1.82) is 0 Å². The molecule has 0 spiro atoms. The van der Waals surface area contributed by atoms with Gasteiger partial charge in [-0.2, -0.15) is 0 Å². The molecule has 2 atom stereocenters. The van der Waals surface area contributed by atoms with E-state index in [1.54, 1.807) is 0 Å². The predicted octanol–water partition coefficient (Wildman–Crippen LogP) is 3.46. The van der Waals surface area contributed by atoms with Gasteiger partial charge in [0.05, 0.1) is 13.2 Å². The zero-order valence-electron chi connectivity index (χ0n) is 18.0. The molecule has 0 aliphatic carbocycles. The number of hydrogen-bond acceptors (Lipinski definition) is 3. The Morgan fingerprint density at radius 2 is 2.07 bits per heavy atom. The van der Waals surface area contributed by atoms with Crippen molar-refractivity contribution in [3.8, 4) is 0 Å². The lowest BCUT2D eigenvalue weighted by Crippen LogP contribution is -2.48. The summed E-state index contributed by atoms with van der Waals surface area (Å²) in [6.07, 6.45) is 5.33. The lowest BCUT2D eigenvalue weighted by molar-refractivity contribution is -0.00831. The lowest BCUT2D eigenvalue weighted by atomic mass is 10.0. The zero-order valence-corrected chi connectivity index (χ0v) is 18.0. The number of benzene rings is 1. The van der Waals surface area contributed by atoms with Gasteiger partial charge in [-0.15, -0.1) is 0 Å². The zero-order chi connectivity index (χ0) is 19.8. The summed E-state index contributed by atoms with van der Waals surface area (Å²) >= 11 is 0. The average molecular weight is 387 g/mol. The van der Waals surface area contributed by atoms with Crippen molar-refractivity contribution in [1.82, 2.24) is 15.1 Å². The van der Waals surface area contributed by atoms with Gasteiger partial charge in [0.25, 0.3) is 0 Å². The first-order chi connectivity index (χ1) is 13.7. The van der Waals surface area contributed by atoms with Crippen molar-refractivity contribution in [2.75, 3.05) is 52.9 Å². The van der Waals surface area contributed by atoms with Crippen molar-refractivity contribution in [3.05, 3.63) is 35.4 Å². The summed E-state index contributed by atoms with van der Waals surface area (Å²) in [7, 11) is 1.88. The number of hydrogen-bond donors (Lipinski definition) is 1. The standard InChI is InChI=1S/C23H38N4O/c1-19-9-8-14-26(17-19)13-7-6-12-25-23(24-3)27-15-16-28-22(18-27)21-11-5-4-10-20(21)2/h4-5,10-11,19,22H,6-9,12-18H2,1-3H3,(H,24,25). The van der Waals surface area contributed by atoms with Gasteiger partial charge in [-0.1, -0.05) is 31.2 Å². The molecular weight excluding hydrogens is 348 g/mol. The Hall–Kier alpha value is -1.59. The maximum atomic E-state index is 6.06. The number of ether oxygens (including phenoxy) is 1. The van der Waals surface area contributed by atoms with Crippen LogP contribution in [0.2, 0.25) is 0 Å². The molecule has 2 aliphatic heterocycles. The molecule has 3 rings (SSSR count). The topological polar surface area (TPSA) is 40.1 Å². The largest absolute Gasteiger partial charge is 0.370 e. The smallest absolute Gasteiger partial charge is 0.193 e. The fourth-order valence-electron chi connectivity index (χ4n) is 4.46. The monoisotopic (exact) mass is 386 g/mol. The molecule has 0 radical (unpaired) electrons. The van der Waals surface area contributed by atoms with Gasteiger partial charge in [0.2, 0.25) is 0 Å². The summed E-state index contributed by atoms with van der Waals surface area (Å²) in [5.74, 6) is 1.88. The first-order valence-electron chi connectivity index (χ1n) is 11.0. The van der Waals surface area contributed by atoms with Crippen molar-refractivity contribution < 1.29 is 4.74 Å². The predicted molar refractivity (Wildman–Crippen MR) is 117 cm³/mol. The van der Waals surface area contributed by atoms with E-state index in [1.807, 2.05) is 7.05 Å². The van der Waals surface area contributed by atoms with Crippen molar-refractivity contribution in [2.24, 2.45) is 10.9 Å². The van der Waals surface area contributed by atoms with Crippen LogP contribution >= 0.6 is 0 Å². The van der Waals surface area contributed by atoms with Crippen LogP contribution in [-0.2, 0) is 4.74 Å². The molecule has 0 amide bonds. The molecule has 0 saturated carbocycles. The summed E-state index contributed by atoms with van der Waals surface area (Å²) < 4.78 is 6.06. The molecule has 156 valence electrons. The summed E-state index contributed by atoms with van der Waals surface area (Å²) in [4.78, 5) is 9.50. The third kappa shape index (κ3) is 5.95. The number of morpholine rings is 1. The Bertz CT molecular complexity index is 633. The van der Waals surface area contributed by atoms with Crippen LogP contribution in [0.4, 0.5) is 0 Å². The molecule has 2 unspecified atom stereocenters. The first-order valence-corrected chi connectivity index (χ1v) is 11.0. The number of nitrogens with one attached hydrogen (secondary N) is 1. The fourth-order valence-corrected chi connectivity index (χ4v) is 4.46. The minimum atomic E-state index is 0.120. The van der Waals surface area contributed by atoms with Gasteiger partial charge in [0.1, 0.15) is 6.10 Å². The van der Waals surface area contributed by atoms with Crippen LogP contribution in [0.5, 0.6) is 0 Å². The van der Waals surface area contributed by atoms with Crippen LogP contribution in [0, 0.1) is 12.8 Å². The Balaban J connectivity index is 1.41. The Kier molecular flexibility index (Phi) is 8.16. The van der Waals surface area contributed by atoms with Crippen molar-refractivity contribution in [2.45, 2.75) is 45.6 Å². The van der Waals surface area contributed by atoms with Crippen LogP contribution in [0.1, 0.15) is 49.8 Å². The van der Waals surface area contributed by atoms with Crippen LogP contribution in [-0.4, -0.2) is 68.7 Å². The van der Waals surface area contributed by atoms with Gasteiger partial charge in [0.15, 0.2) is 5.96 Å². The number of nitrogens with zero attached hydrogens (tertiary/aromatic N) is 3. The van der Waals surface area contributed by atoms with Crippen molar-refractivity contribution in [3.63, 3.8) is 0 Å². The third-order valence-electron chi connectivity index (χ3n) is 6.04. The van der Waals surface area contributed by atoms with E-state index in [-0.39, 0.29) is 6.10 Å². The minimum Gasteiger partial charge on any atom is -0.370 e. The average Bonchev–Trinajstić information content (AvgIpc) is 2.71. The molecular formula is C23H38N4O. The van der Waals surface area contributed by atoms with E-state index in [0.29, 0.717) is 0 Å². The van der Waals surface area contributed by atoms with Crippen LogP contribution in [0.25, 0.3) is 0 Å². The molecule has 5 nitrogen and oxygen atoms in total. The SMILES string of the molecule is CN=C(NCCCCN1CCCC(C)C1)N1CCOC(c2ccccc2C)C1.